The van der Waals surface area contributed by atoms with Crippen LogP contribution in [0.5, 0.6) is 0 Å². The van der Waals surface area contributed by atoms with E-state index in [1.165, 1.54) is 0 Å². The first kappa shape index (κ1) is 12.1. The van der Waals surface area contributed by atoms with E-state index >= 15 is 0 Å². The number of benzene rings is 1. The molecule has 15 heavy (non-hydrogen) atoms. The zero-order valence-corrected chi connectivity index (χ0v) is 8.99. The third-order valence-electron chi connectivity index (χ3n) is 2.69. The smallest absolute Gasteiger partial charge is 0.132 e. The maximum atomic E-state index is 13.2. The van der Waals surface area contributed by atoms with Crippen molar-refractivity contribution in [2.75, 3.05) is 0 Å². The Morgan fingerprint density at radius 3 is 2.13 bits per heavy atom. The van der Waals surface area contributed by atoms with Crippen molar-refractivity contribution in [2.24, 2.45) is 5.92 Å². The Bertz CT molecular complexity index is 311. The fourth-order valence-corrected chi connectivity index (χ4v) is 1.41. The van der Waals surface area contributed by atoms with Gasteiger partial charge in [0.1, 0.15) is 17.5 Å². The van der Waals surface area contributed by atoms with Crippen LogP contribution in [0.15, 0.2) is 12.1 Å². The number of rotatable bonds is 4. The fraction of sp³-hybridized carbons (Fsp3) is 0.500. The minimum Gasteiger partial charge on any atom is -0.207 e. The SMILES string of the molecule is CCC(C)CCc1c(F)cc(F)cc1F. The second-order valence-electron chi connectivity index (χ2n) is 3.90. The first-order valence-corrected chi connectivity index (χ1v) is 5.18. The summed E-state index contributed by atoms with van der Waals surface area (Å²) in [5, 5.41) is 0. The van der Waals surface area contributed by atoms with Crippen LogP contribution in [0.3, 0.4) is 0 Å². The lowest BCUT2D eigenvalue weighted by Crippen LogP contribution is -2.01. The first-order chi connectivity index (χ1) is 7.04. The lowest BCUT2D eigenvalue weighted by Gasteiger charge is -2.09. The number of halogens is 3. The molecule has 0 amide bonds. The van der Waals surface area contributed by atoms with E-state index in [-0.39, 0.29) is 5.56 Å². The van der Waals surface area contributed by atoms with E-state index in [2.05, 4.69) is 0 Å². The summed E-state index contributed by atoms with van der Waals surface area (Å²) in [7, 11) is 0. The summed E-state index contributed by atoms with van der Waals surface area (Å²) in [6.45, 7) is 4.06. The van der Waals surface area contributed by atoms with Gasteiger partial charge in [0.2, 0.25) is 0 Å². The van der Waals surface area contributed by atoms with Gasteiger partial charge >= 0.3 is 0 Å². The molecule has 1 aromatic carbocycles. The van der Waals surface area contributed by atoms with Crippen molar-refractivity contribution < 1.29 is 13.2 Å². The molecule has 0 aliphatic rings. The highest BCUT2D eigenvalue weighted by Gasteiger charge is 2.12. The minimum atomic E-state index is -0.864. The van der Waals surface area contributed by atoms with Gasteiger partial charge in [-0.15, -0.1) is 0 Å². The van der Waals surface area contributed by atoms with Crippen LogP contribution in [0.1, 0.15) is 32.3 Å². The quantitative estimate of drug-likeness (QED) is 0.711. The molecule has 0 nitrogen and oxygen atoms in total. The van der Waals surface area contributed by atoms with Gasteiger partial charge in [-0.25, -0.2) is 13.2 Å². The second kappa shape index (κ2) is 5.19. The summed E-state index contributed by atoms with van der Waals surface area (Å²) in [6.07, 6.45) is 2.02. The molecule has 0 aliphatic heterocycles. The fourth-order valence-electron chi connectivity index (χ4n) is 1.41. The van der Waals surface area contributed by atoms with Crippen molar-refractivity contribution in [3.8, 4) is 0 Å². The zero-order valence-electron chi connectivity index (χ0n) is 8.99. The minimum absolute atomic E-state index is 0.00306. The van der Waals surface area contributed by atoms with Crippen molar-refractivity contribution in [1.82, 2.24) is 0 Å². The normalized spacial score (nSPS) is 12.9. The highest BCUT2D eigenvalue weighted by Crippen LogP contribution is 2.19. The van der Waals surface area contributed by atoms with E-state index in [9.17, 15) is 13.2 Å². The summed E-state index contributed by atoms with van der Waals surface area (Å²) < 4.78 is 39.0. The lowest BCUT2D eigenvalue weighted by atomic mass is 9.98. The molecule has 0 saturated heterocycles. The molecule has 0 bridgehead atoms. The Hall–Kier alpha value is -0.990. The maximum absolute atomic E-state index is 13.2. The van der Waals surface area contributed by atoms with Crippen molar-refractivity contribution in [3.05, 3.63) is 35.1 Å². The summed E-state index contributed by atoms with van der Waals surface area (Å²) in [4.78, 5) is 0. The Balaban J connectivity index is 2.77. The van der Waals surface area contributed by atoms with E-state index in [0.29, 0.717) is 12.3 Å². The van der Waals surface area contributed by atoms with Gasteiger partial charge in [-0.2, -0.15) is 0 Å². The van der Waals surface area contributed by atoms with Gasteiger partial charge in [0.25, 0.3) is 0 Å². The van der Waals surface area contributed by atoms with Crippen LogP contribution in [-0.2, 0) is 6.42 Å². The molecule has 0 saturated carbocycles. The van der Waals surface area contributed by atoms with Crippen LogP contribution < -0.4 is 0 Å². The molecular formula is C12H15F3. The molecule has 0 aliphatic carbocycles. The van der Waals surface area contributed by atoms with E-state index in [1.54, 1.807) is 0 Å². The topological polar surface area (TPSA) is 0 Å². The van der Waals surface area contributed by atoms with Crippen molar-refractivity contribution in [1.29, 1.82) is 0 Å². The molecular weight excluding hydrogens is 201 g/mol. The molecule has 3 heteroatoms. The van der Waals surface area contributed by atoms with Crippen molar-refractivity contribution >= 4 is 0 Å². The van der Waals surface area contributed by atoms with Crippen molar-refractivity contribution in [2.45, 2.75) is 33.1 Å². The number of hydrogen-bond donors (Lipinski definition) is 0. The summed E-state index contributed by atoms with van der Waals surface area (Å²) in [5.74, 6) is -2.00. The predicted molar refractivity (Wildman–Crippen MR) is 54.1 cm³/mol. The Morgan fingerprint density at radius 1 is 1.13 bits per heavy atom. The van der Waals surface area contributed by atoms with Crippen LogP contribution in [0.2, 0.25) is 0 Å². The zero-order chi connectivity index (χ0) is 11.4. The van der Waals surface area contributed by atoms with Crippen molar-refractivity contribution in [3.63, 3.8) is 0 Å². The molecule has 0 aromatic heterocycles. The van der Waals surface area contributed by atoms with E-state index in [1.807, 2.05) is 13.8 Å². The third-order valence-corrected chi connectivity index (χ3v) is 2.69. The van der Waals surface area contributed by atoms with Gasteiger partial charge in [0, 0.05) is 17.7 Å². The van der Waals surface area contributed by atoms with Crippen LogP contribution >= 0.6 is 0 Å². The van der Waals surface area contributed by atoms with Gasteiger partial charge in [-0.1, -0.05) is 20.3 Å². The molecule has 0 spiro atoms. The highest BCUT2D eigenvalue weighted by molar-refractivity contribution is 5.20. The van der Waals surface area contributed by atoms with Gasteiger partial charge in [-0.3, -0.25) is 0 Å². The molecule has 1 atom stereocenters. The maximum Gasteiger partial charge on any atom is 0.132 e. The molecule has 0 heterocycles. The van der Waals surface area contributed by atoms with Crippen LogP contribution in [0, 0.1) is 23.4 Å². The standard InChI is InChI=1S/C12H15F3/c1-3-8(2)4-5-10-11(14)6-9(13)7-12(10)15/h6-8H,3-5H2,1-2H3. The first-order valence-electron chi connectivity index (χ1n) is 5.18. The summed E-state index contributed by atoms with van der Waals surface area (Å²) >= 11 is 0. The molecule has 84 valence electrons. The second-order valence-corrected chi connectivity index (χ2v) is 3.90. The van der Waals surface area contributed by atoms with Gasteiger partial charge < -0.3 is 0 Å². The predicted octanol–water partition coefficient (Wildman–Crippen LogP) is 4.08. The van der Waals surface area contributed by atoms with Gasteiger partial charge in [0.15, 0.2) is 0 Å². The molecule has 0 N–H and O–H groups in total. The van der Waals surface area contributed by atoms with Crippen LogP contribution in [-0.4, -0.2) is 0 Å². The third kappa shape index (κ3) is 3.26. The monoisotopic (exact) mass is 216 g/mol. The molecule has 1 unspecified atom stereocenters. The van der Waals surface area contributed by atoms with E-state index < -0.39 is 17.5 Å². The summed E-state index contributed by atoms with van der Waals surface area (Å²) in [5.41, 5.74) is -0.00306. The molecule has 0 radical (unpaired) electrons. The molecule has 0 fully saturated rings. The average Bonchev–Trinajstić information content (AvgIpc) is 2.15. The lowest BCUT2D eigenvalue weighted by molar-refractivity contribution is 0.481. The van der Waals surface area contributed by atoms with Gasteiger partial charge in [-0.05, 0) is 18.8 Å². The van der Waals surface area contributed by atoms with E-state index in [0.717, 1.165) is 25.0 Å². The average molecular weight is 216 g/mol. The number of hydrogen-bond acceptors (Lipinski definition) is 0. The Morgan fingerprint density at radius 2 is 1.67 bits per heavy atom. The summed E-state index contributed by atoms with van der Waals surface area (Å²) in [6, 6.07) is 1.46. The van der Waals surface area contributed by atoms with Crippen LogP contribution in [0.25, 0.3) is 0 Å². The van der Waals surface area contributed by atoms with Gasteiger partial charge in [0.05, 0.1) is 0 Å². The molecule has 1 aromatic rings. The Kier molecular flexibility index (Phi) is 4.18. The largest absolute Gasteiger partial charge is 0.207 e. The van der Waals surface area contributed by atoms with Crippen LogP contribution in [0.4, 0.5) is 13.2 Å². The highest BCUT2D eigenvalue weighted by atomic mass is 19.1. The van der Waals surface area contributed by atoms with E-state index in [4.69, 9.17) is 0 Å². The Labute approximate surface area is 88.1 Å². The molecule has 1 rings (SSSR count).